The summed E-state index contributed by atoms with van der Waals surface area (Å²) in [7, 11) is 0. The minimum absolute atomic E-state index is 0.266. The molecule has 1 heterocycles. The van der Waals surface area contributed by atoms with Crippen LogP contribution in [0.1, 0.15) is 5.56 Å². The van der Waals surface area contributed by atoms with Crippen molar-refractivity contribution in [2.24, 2.45) is 0 Å². The van der Waals surface area contributed by atoms with Crippen LogP contribution in [0.25, 0.3) is 10.1 Å². The number of aromatic hydroxyl groups is 1. The molecule has 2 aromatic rings. The summed E-state index contributed by atoms with van der Waals surface area (Å²) in [6.07, 6.45) is 0. The number of benzene rings is 1. The molecule has 2 rings (SSSR count). The first kappa shape index (κ1) is 7.90. The maximum absolute atomic E-state index is 9.49. The lowest BCUT2D eigenvalue weighted by Crippen LogP contribution is -1.75. The van der Waals surface area contributed by atoms with E-state index in [-0.39, 0.29) is 5.75 Å². The Morgan fingerprint density at radius 1 is 1.50 bits per heavy atom. The van der Waals surface area contributed by atoms with Gasteiger partial charge in [-0.3, -0.25) is 0 Å². The van der Waals surface area contributed by atoms with Crippen molar-refractivity contribution in [2.45, 2.75) is 6.92 Å². The maximum Gasteiger partial charge on any atom is 0.125 e. The van der Waals surface area contributed by atoms with E-state index in [9.17, 15) is 5.11 Å². The van der Waals surface area contributed by atoms with Crippen molar-refractivity contribution >= 4 is 33.0 Å². The van der Waals surface area contributed by atoms with Crippen molar-refractivity contribution in [2.75, 3.05) is 0 Å². The first-order valence-electron chi connectivity index (χ1n) is 3.55. The van der Waals surface area contributed by atoms with Gasteiger partial charge < -0.3 is 5.11 Å². The number of rotatable bonds is 0. The number of fused-ring (bicyclic) bond motifs is 1. The van der Waals surface area contributed by atoms with Gasteiger partial charge in [0.25, 0.3) is 0 Å². The Labute approximate surface area is 79.2 Å². The van der Waals surface area contributed by atoms with Crippen LogP contribution in [-0.2, 0) is 0 Å². The minimum Gasteiger partial charge on any atom is -0.507 e. The first-order chi connectivity index (χ1) is 5.70. The fourth-order valence-corrected chi connectivity index (χ4v) is 2.40. The van der Waals surface area contributed by atoms with E-state index in [1.54, 1.807) is 17.4 Å². The summed E-state index contributed by atoms with van der Waals surface area (Å²) >= 11 is 7.49. The van der Waals surface area contributed by atoms with Crippen LogP contribution in [-0.4, -0.2) is 5.11 Å². The zero-order valence-electron chi connectivity index (χ0n) is 6.47. The molecule has 0 aliphatic heterocycles. The molecule has 62 valence electrons. The van der Waals surface area contributed by atoms with E-state index in [0.29, 0.717) is 5.02 Å². The second kappa shape index (κ2) is 2.64. The van der Waals surface area contributed by atoms with E-state index in [4.69, 9.17) is 11.6 Å². The van der Waals surface area contributed by atoms with Gasteiger partial charge in [0.2, 0.25) is 0 Å². The summed E-state index contributed by atoms with van der Waals surface area (Å²) in [5, 5.41) is 13.0. The number of phenolic OH excluding ortho intramolecular Hbond substituents is 1. The monoisotopic (exact) mass is 198 g/mol. The normalized spacial score (nSPS) is 10.8. The molecule has 1 nitrogen and oxygen atoms in total. The molecule has 12 heavy (non-hydrogen) atoms. The second-order valence-corrected chi connectivity index (χ2v) is 3.99. The van der Waals surface area contributed by atoms with Crippen LogP contribution in [0.4, 0.5) is 0 Å². The summed E-state index contributed by atoms with van der Waals surface area (Å²) in [5.41, 5.74) is 1.04. The summed E-state index contributed by atoms with van der Waals surface area (Å²) in [6.45, 7) is 1.96. The molecule has 0 saturated heterocycles. The largest absolute Gasteiger partial charge is 0.507 e. The summed E-state index contributed by atoms with van der Waals surface area (Å²) in [4.78, 5) is 0. The molecule has 1 aromatic carbocycles. The lowest BCUT2D eigenvalue weighted by Gasteiger charge is -2.01. The van der Waals surface area contributed by atoms with Crippen LogP contribution in [0.15, 0.2) is 17.5 Å². The Kier molecular flexibility index (Phi) is 1.74. The van der Waals surface area contributed by atoms with Gasteiger partial charge in [-0.2, -0.15) is 0 Å². The highest BCUT2D eigenvalue weighted by Gasteiger charge is 2.07. The van der Waals surface area contributed by atoms with E-state index < -0.39 is 0 Å². The molecule has 0 aliphatic rings. The standard InChI is InChI=1S/C9H7ClOS/c1-5-7(10)4-8(11)6-2-3-12-9(5)6/h2-4,11H,1H3. The van der Waals surface area contributed by atoms with Crippen LogP contribution < -0.4 is 0 Å². The van der Waals surface area contributed by atoms with Crippen LogP contribution in [0.3, 0.4) is 0 Å². The van der Waals surface area contributed by atoms with Gasteiger partial charge in [-0.1, -0.05) is 11.6 Å². The molecule has 0 aliphatic carbocycles. The molecule has 0 amide bonds. The molecular weight excluding hydrogens is 192 g/mol. The molecule has 0 fully saturated rings. The van der Waals surface area contributed by atoms with Gasteiger partial charge in [-0.05, 0) is 30.0 Å². The van der Waals surface area contributed by atoms with Crippen molar-refractivity contribution in [1.82, 2.24) is 0 Å². The third-order valence-electron chi connectivity index (χ3n) is 1.90. The molecule has 0 bridgehead atoms. The van der Waals surface area contributed by atoms with Crippen molar-refractivity contribution in [3.8, 4) is 5.75 Å². The number of thiophene rings is 1. The van der Waals surface area contributed by atoms with Crippen LogP contribution in [0.2, 0.25) is 5.02 Å². The molecule has 0 spiro atoms. The van der Waals surface area contributed by atoms with Gasteiger partial charge in [-0.25, -0.2) is 0 Å². The highest BCUT2D eigenvalue weighted by atomic mass is 35.5. The fourth-order valence-electron chi connectivity index (χ4n) is 1.22. The highest BCUT2D eigenvalue weighted by molar-refractivity contribution is 7.17. The summed E-state index contributed by atoms with van der Waals surface area (Å²) < 4.78 is 1.07. The van der Waals surface area contributed by atoms with Gasteiger partial charge in [0.05, 0.1) is 0 Å². The molecule has 0 saturated carbocycles. The molecule has 1 N–H and O–H groups in total. The van der Waals surface area contributed by atoms with E-state index in [1.165, 1.54) is 0 Å². The highest BCUT2D eigenvalue weighted by Crippen LogP contribution is 2.35. The molecular formula is C9H7ClOS. The molecule has 0 radical (unpaired) electrons. The lowest BCUT2D eigenvalue weighted by molar-refractivity contribution is 0.482. The molecule has 1 aromatic heterocycles. The van der Waals surface area contributed by atoms with Crippen molar-refractivity contribution in [3.05, 3.63) is 28.1 Å². The van der Waals surface area contributed by atoms with Crippen LogP contribution in [0.5, 0.6) is 5.75 Å². The minimum atomic E-state index is 0.266. The van der Waals surface area contributed by atoms with Crippen molar-refractivity contribution in [3.63, 3.8) is 0 Å². The van der Waals surface area contributed by atoms with E-state index in [2.05, 4.69) is 0 Å². The number of hydrogen-bond acceptors (Lipinski definition) is 2. The molecule has 0 unspecified atom stereocenters. The summed E-state index contributed by atoms with van der Waals surface area (Å²) in [6, 6.07) is 3.49. The smallest absolute Gasteiger partial charge is 0.125 e. The average molecular weight is 199 g/mol. The van der Waals surface area contributed by atoms with Gasteiger partial charge in [0.15, 0.2) is 0 Å². The van der Waals surface area contributed by atoms with Crippen LogP contribution >= 0.6 is 22.9 Å². The lowest BCUT2D eigenvalue weighted by atomic mass is 10.2. The van der Waals surface area contributed by atoms with E-state index in [0.717, 1.165) is 15.6 Å². The Morgan fingerprint density at radius 3 is 3.00 bits per heavy atom. The predicted molar refractivity (Wildman–Crippen MR) is 53.2 cm³/mol. The second-order valence-electron chi connectivity index (χ2n) is 2.67. The average Bonchev–Trinajstić information content (AvgIpc) is 2.48. The van der Waals surface area contributed by atoms with E-state index in [1.807, 2.05) is 18.4 Å². The third kappa shape index (κ3) is 0.993. The Balaban J connectivity index is 2.97. The zero-order valence-corrected chi connectivity index (χ0v) is 8.04. The zero-order chi connectivity index (χ0) is 8.72. The number of aryl methyl sites for hydroxylation is 1. The fraction of sp³-hybridized carbons (Fsp3) is 0.111. The first-order valence-corrected chi connectivity index (χ1v) is 4.81. The Hall–Kier alpha value is -0.730. The van der Waals surface area contributed by atoms with Gasteiger partial charge >= 0.3 is 0 Å². The third-order valence-corrected chi connectivity index (χ3v) is 3.33. The molecule has 0 atom stereocenters. The summed E-state index contributed by atoms with van der Waals surface area (Å²) in [5.74, 6) is 0.266. The SMILES string of the molecule is Cc1c(Cl)cc(O)c2ccsc12. The van der Waals surface area contributed by atoms with Crippen molar-refractivity contribution in [1.29, 1.82) is 0 Å². The van der Waals surface area contributed by atoms with Gasteiger partial charge in [-0.15, -0.1) is 11.3 Å². The number of phenols is 1. The number of hydrogen-bond donors (Lipinski definition) is 1. The van der Waals surface area contributed by atoms with E-state index >= 15 is 0 Å². The predicted octanol–water partition coefficient (Wildman–Crippen LogP) is 3.57. The molecule has 3 heteroatoms. The maximum atomic E-state index is 9.49. The quantitative estimate of drug-likeness (QED) is 0.686. The topological polar surface area (TPSA) is 20.2 Å². The van der Waals surface area contributed by atoms with Gasteiger partial charge in [0, 0.05) is 15.1 Å². The van der Waals surface area contributed by atoms with Crippen molar-refractivity contribution < 1.29 is 5.11 Å². The van der Waals surface area contributed by atoms with Crippen LogP contribution in [0, 0.1) is 6.92 Å². The number of halogens is 1. The van der Waals surface area contributed by atoms with Gasteiger partial charge in [0.1, 0.15) is 5.75 Å². The Bertz CT molecular complexity index is 433. The Morgan fingerprint density at radius 2 is 2.25 bits per heavy atom.